The second-order valence-electron chi connectivity index (χ2n) is 8.31. The molecule has 9 heteroatoms. The molecule has 0 spiro atoms. The summed E-state index contributed by atoms with van der Waals surface area (Å²) in [6.07, 6.45) is 4.14. The van der Waals surface area contributed by atoms with Crippen LogP contribution in [0.2, 0.25) is 0 Å². The van der Waals surface area contributed by atoms with Crippen molar-refractivity contribution in [2.24, 2.45) is 0 Å². The van der Waals surface area contributed by atoms with Gasteiger partial charge in [0.25, 0.3) is 0 Å². The highest BCUT2D eigenvalue weighted by Gasteiger charge is 2.42. The molecule has 2 atom stereocenters. The number of hydrogen-bond donors (Lipinski definition) is 3. The number of rotatable bonds is 6. The Kier molecular flexibility index (Phi) is 7.40. The Balaban J connectivity index is 0.00000272. The highest BCUT2D eigenvalue weighted by Crippen LogP contribution is 2.38. The van der Waals surface area contributed by atoms with E-state index in [2.05, 4.69) is 20.6 Å². The molecule has 4 rings (SSSR count). The molecular weight excluding hydrogens is 414 g/mol. The van der Waals surface area contributed by atoms with E-state index < -0.39 is 11.6 Å². The van der Waals surface area contributed by atoms with Gasteiger partial charge < -0.3 is 25.4 Å². The minimum absolute atomic E-state index is 0. The molecule has 1 fully saturated rings. The minimum Gasteiger partial charge on any atom is -0.394 e. The third-order valence-corrected chi connectivity index (χ3v) is 5.95. The van der Waals surface area contributed by atoms with Crippen molar-refractivity contribution in [1.29, 1.82) is 0 Å². The average molecular weight is 446 g/mol. The van der Waals surface area contributed by atoms with E-state index >= 15 is 0 Å². The minimum atomic E-state index is -0.552. The van der Waals surface area contributed by atoms with Crippen molar-refractivity contribution in [2.75, 3.05) is 25.1 Å². The molecule has 1 unspecified atom stereocenters. The van der Waals surface area contributed by atoms with E-state index in [1.54, 1.807) is 11.1 Å². The number of nitrogens with one attached hydrogen (secondary N) is 2. The summed E-state index contributed by atoms with van der Waals surface area (Å²) < 4.78 is 5.63. The zero-order chi connectivity index (χ0) is 21.1. The standard InChI is InChI=1S/C22H29N5O3.H2S/c1-22(2)17-12-24-20(23-11-16-9-6-10-30-16)25-18(17)13-27(22)21(29)26-19(14-28)15-7-4-3-5-8-15;/h3-5,7-8,12,16,19,28H,6,9-11,13-14H2,1-2H3,(H,26,29)(H,23,24,25);1H2/t16?,19-;/m1./s1. The van der Waals surface area contributed by atoms with Crippen LogP contribution in [0.3, 0.4) is 0 Å². The summed E-state index contributed by atoms with van der Waals surface area (Å²) in [7, 11) is 0. The predicted octanol–water partition coefficient (Wildman–Crippen LogP) is 2.67. The number of fused-ring (bicyclic) bond motifs is 1. The summed E-state index contributed by atoms with van der Waals surface area (Å²) >= 11 is 0. The van der Waals surface area contributed by atoms with E-state index in [0.29, 0.717) is 19.0 Å². The summed E-state index contributed by atoms with van der Waals surface area (Å²) in [6, 6.07) is 8.76. The summed E-state index contributed by atoms with van der Waals surface area (Å²) in [5.41, 5.74) is 2.08. The predicted molar refractivity (Wildman–Crippen MR) is 123 cm³/mol. The highest BCUT2D eigenvalue weighted by molar-refractivity contribution is 7.59. The van der Waals surface area contributed by atoms with E-state index in [9.17, 15) is 9.90 Å². The molecule has 1 aromatic heterocycles. The second kappa shape index (κ2) is 9.84. The number of aromatic nitrogens is 2. The summed E-state index contributed by atoms with van der Waals surface area (Å²) in [4.78, 5) is 23.9. The Bertz CT molecular complexity index is 890. The first-order chi connectivity index (χ1) is 14.5. The number of anilines is 1. The normalized spacial score (nSPS) is 20.0. The molecular formula is C22H31N5O3S. The van der Waals surface area contributed by atoms with Gasteiger partial charge in [0.15, 0.2) is 0 Å². The zero-order valence-electron chi connectivity index (χ0n) is 18.0. The Labute approximate surface area is 189 Å². The number of benzene rings is 1. The molecule has 168 valence electrons. The molecule has 2 aliphatic heterocycles. The Morgan fingerprint density at radius 1 is 1.35 bits per heavy atom. The molecule has 2 amide bonds. The monoisotopic (exact) mass is 445 g/mol. The largest absolute Gasteiger partial charge is 0.394 e. The van der Waals surface area contributed by atoms with Gasteiger partial charge in [-0.15, -0.1) is 0 Å². The first kappa shape index (κ1) is 23.3. The van der Waals surface area contributed by atoms with Crippen LogP contribution in [0.4, 0.5) is 10.7 Å². The van der Waals surface area contributed by atoms with Crippen LogP contribution in [0.5, 0.6) is 0 Å². The number of hydrogen-bond acceptors (Lipinski definition) is 6. The van der Waals surface area contributed by atoms with Crippen LogP contribution >= 0.6 is 13.5 Å². The van der Waals surface area contributed by atoms with Crippen molar-refractivity contribution in [3.05, 3.63) is 53.3 Å². The van der Waals surface area contributed by atoms with Crippen LogP contribution in [0, 0.1) is 0 Å². The summed E-state index contributed by atoms with van der Waals surface area (Å²) in [6.45, 7) is 5.68. The van der Waals surface area contributed by atoms with Gasteiger partial charge in [0, 0.05) is 24.9 Å². The van der Waals surface area contributed by atoms with Crippen LogP contribution in [0.15, 0.2) is 36.5 Å². The van der Waals surface area contributed by atoms with Crippen LogP contribution in [0.25, 0.3) is 0 Å². The van der Waals surface area contributed by atoms with E-state index in [1.165, 1.54) is 0 Å². The van der Waals surface area contributed by atoms with Crippen LogP contribution in [-0.4, -0.2) is 51.9 Å². The van der Waals surface area contributed by atoms with Gasteiger partial charge in [-0.05, 0) is 32.3 Å². The fraction of sp³-hybridized carbons (Fsp3) is 0.500. The third kappa shape index (κ3) is 4.94. The topological polar surface area (TPSA) is 99.6 Å². The van der Waals surface area contributed by atoms with Crippen molar-refractivity contribution in [2.45, 2.75) is 50.9 Å². The number of carbonyl (C=O) groups excluding carboxylic acids is 1. The van der Waals surface area contributed by atoms with Crippen molar-refractivity contribution in [3.63, 3.8) is 0 Å². The second-order valence-corrected chi connectivity index (χ2v) is 8.31. The lowest BCUT2D eigenvalue weighted by molar-refractivity contribution is 0.120. The van der Waals surface area contributed by atoms with Gasteiger partial charge in [0.2, 0.25) is 5.95 Å². The fourth-order valence-electron chi connectivity index (χ4n) is 4.11. The number of carbonyl (C=O) groups is 1. The van der Waals surface area contributed by atoms with Crippen LogP contribution in [0.1, 0.15) is 49.6 Å². The number of ether oxygens (including phenoxy) is 1. The van der Waals surface area contributed by atoms with E-state index in [4.69, 9.17) is 4.74 Å². The molecule has 31 heavy (non-hydrogen) atoms. The van der Waals surface area contributed by atoms with E-state index in [0.717, 1.165) is 36.3 Å². The maximum absolute atomic E-state index is 13.1. The number of amides is 2. The summed E-state index contributed by atoms with van der Waals surface area (Å²) in [5, 5.41) is 16.0. The number of nitrogens with zero attached hydrogens (tertiary/aromatic N) is 3. The first-order valence-electron chi connectivity index (χ1n) is 10.4. The Hall–Kier alpha value is -2.36. The lowest BCUT2D eigenvalue weighted by Crippen LogP contribution is -2.47. The molecule has 2 aromatic rings. The van der Waals surface area contributed by atoms with Crippen LogP contribution < -0.4 is 10.6 Å². The number of aliphatic hydroxyl groups excluding tert-OH is 1. The van der Waals surface area contributed by atoms with E-state index in [1.807, 2.05) is 44.2 Å². The molecule has 0 radical (unpaired) electrons. The number of aliphatic hydroxyl groups is 1. The number of urea groups is 1. The maximum Gasteiger partial charge on any atom is 0.319 e. The lowest BCUT2D eigenvalue weighted by atomic mass is 9.97. The van der Waals surface area contributed by atoms with Gasteiger partial charge in [-0.25, -0.2) is 14.8 Å². The van der Waals surface area contributed by atoms with Gasteiger partial charge in [0.1, 0.15) is 0 Å². The van der Waals surface area contributed by atoms with Crippen molar-refractivity contribution in [1.82, 2.24) is 20.2 Å². The maximum atomic E-state index is 13.1. The van der Waals surface area contributed by atoms with Gasteiger partial charge in [-0.3, -0.25) is 0 Å². The first-order valence-corrected chi connectivity index (χ1v) is 10.4. The molecule has 1 aromatic carbocycles. The van der Waals surface area contributed by atoms with Gasteiger partial charge >= 0.3 is 6.03 Å². The van der Waals surface area contributed by atoms with Crippen LogP contribution in [-0.2, 0) is 16.8 Å². The van der Waals surface area contributed by atoms with Crippen molar-refractivity contribution in [3.8, 4) is 0 Å². The Morgan fingerprint density at radius 3 is 2.81 bits per heavy atom. The quantitative estimate of drug-likeness (QED) is 0.632. The molecule has 0 saturated carbocycles. The molecule has 2 aliphatic rings. The molecule has 0 aliphatic carbocycles. The molecule has 0 bridgehead atoms. The highest BCUT2D eigenvalue weighted by atomic mass is 32.1. The smallest absolute Gasteiger partial charge is 0.319 e. The average Bonchev–Trinajstić information content (AvgIpc) is 3.36. The molecule has 8 nitrogen and oxygen atoms in total. The van der Waals surface area contributed by atoms with Gasteiger partial charge in [-0.1, -0.05) is 30.3 Å². The molecule has 3 heterocycles. The molecule has 3 N–H and O–H groups in total. The fourth-order valence-corrected chi connectivity index (χ4v) is 4.11. The molecule has 1 saturated heterocycles. The van der Waals surface area contributed by atoms with Gasteiger partial charge in [0.05, 0.1) is 36.5 Å². The Morgan fingerprint density at radius 2 is 2.13 bits per heavy atom. The third-order valence-electron chi connectivity index (χ3n) is 5.95. The summed E-state index contributed by atoms with van der Waals surface area (Å²) in [5.74, 6) is 0.555. The zero-order valence-corrected chi connectivity index (χ0v) is 19.0. The van der Waals surface area contributed by atoms with Crippen molar-refractivity contribution >= 4 is 25.5 Å². The lowest BCUT2D eigenvalue weighted by Gasteiger charge is -2.33. The van der Waals surface area contributed by atoms with Crippen molar-refractivity contribution < 1.29 is 14.6 Å². The van der Waals surface area contributed by atoms with E-state index in [-0.39, 0.29) is 32.2 Å². The van der Waals surface area contributed by atoms with Gasteiger partial charge in [-0.2, -0.15) is 13.5 Å². The SMILES string of the molecule is CC1(C)c2cnc(NCC3CCCO3)nc2CN1C(=O)N[C@H](CO)c1ccccc1.S.